The molecule has 0 aliphatic heterocycles. The van der Waals surface area contributed by atoms with Crippen LogP contribution in [0, 0.1) is 5.82 Å². The van der Waals surface area contributed by atoms with E-state index in [1.165, 1.54) is 22.4 Å². The molecule has 0 bridgehead atoms. The minimum absolute atomic E-state index is 0.258. The molecule has 2 unspecified atom stereocenters. The van der Waals surface area contributed by atoms with Gasteiger partial charge in [0.2, 0.25) is 0 Å². The van der Waals surface area contributed by atoms with Crippen LogP contribution in [0.2, 0.25) is 0 Å². The number of rotatable bonds is 6. The number of nitrogens with zero attached hydrogens (tertiary/aromatic N) is 1. The van der Waals surface area contributed by atoms with E-state index in [9.17, 15) is 14.3 Å². The molecule has 0 fully saturated rings. The fourth-order valence-electron chi connectivity index (χ4n) is 5.26. The summed E-state index contributed by atoms with van der Waals surface area (Å²) in [5.41, 5.74) is 4.21. The highest BCUT2D eigenvalue weighted by molar-refractivity contribution is 5.88. The van der Waals surface area contributed by atoms with Crippen LogP contribution in [0.15, 0.2) is 60.7 Å². The summed E-state index contributed by atoms with van der Waals surface area (Å²) in [4.78, 5) is 11.9. The summed E-state index contributed by atoms with van der Waals surface area (Å²) in [7, 11) is 0. The van der Waals surface area contributed by atoms with Crippen molar-refractivity contribution in [1.29, 1.82) is 0 Å². The van der Waals surface area contributed by atoms with Gasteiger partial charge >= 0.3 is 5.97 Å². The monoisotopic (exact) mass is 430 g/mol. The van der Waals surface area contributed by atoms with E-state index in [1.54, 1.807) is 12.1 Å². The van der Waals surface area contributed by atoms with E-state index in [4.69, 9.17) is 0 Å². The Morgan fingerprint density at radius 2 is 1.97 bits per heavy atom. The first-order valence-corrected chi connectivity index (χ1v) is 11.3. The molecule has 1 heterocycles. The standard InChI is InChI=1S/C27H27FN2O2/c1-2-24(27(31)32)30-25-12-10-19(28)14-22(25)23-15-20(11-13-26(23)30)29-16-18-8-5-7-17-6-3-4-9-21(17)18/h3-10,12,14,20,24,29H,2,11,13,15-16H2,1H3,(H,31,32). The van der Waals surface area contributed by atoms with Crippen molar-refractivity contribution in [3.8, 4) is 0 Å². The molecule has 0 saturated carbocycles. The Balaban J connectivity index is 1.46. The topological polar surface area (TPSA) is 54.3 Å². The molecule has 0 radical (unpaired) electrons. The van der Waals surface area contributed by atoms with E-state index in [-0.39, 0.29) is 11.9 Å². The van der Waals surface area contributed by atoms with Crippen molar-refractivity contribution in [2.24, 2.45) is 0 Å². The third kappa shape index (κ3) is 3.56. The molecule has 4 nitrogen and oxygen atoms in total. The third-order valence-electron chi connectivity index (χ3n) is 6.81. The van der Waals surface area contributed by atoms with Gasteiger partial charge in [0, 0.05) is 29.2 Å². The van der Waals surface area contributed by atoms with Gasteiger partial charge in [-0.15, -0.1) is 0 Å². The van der Waals surface area contributed by atoms with E-state index in [0.717, 1.165) is 48.0 Å². The summed E-state index contributed by atoms with van der Waals surface area (Å²) in [6, 6.07) is 19.1. The fraction of sp³-hybridized carbons (Fsp3) is 0.296. The Hall–Kier alpha value is -3.18. The van der Waals surface area contributed by atoms with Gasteiger partial charge in [0.25, 0.3) is 0 Å². The zero-order valence-electron chi connectivity index (χ0n) is 18.1. The highest BCUT2D eigenvalue weighted by atomic mass is 19.1. The number of aliphatic carboxylic acids is 1. The van der Waals surface area contributed by atoms with Gasteiger partial charge < -0.3 is 15.0 Å². The molecule has 5 heteroatoms. The number of fused-ring (bicyclic) bond motifs is 4. The Labute approximate surface area is 186 Å². The van der Waals surface area contributed by atoms with Crippen molar-refractivity contribution in [1.82, 2.24) is 9.88 Å². The van der Waals surface area contributed by atoms with Gasteiger partial charge in [0.1, 0.15) is 11.9 Å². The summed E-state index contributed by atoms with van der Waals surface area (Å²) in [5.74, 6) is -1.13. The second kappa shape index (κ2) is 8.40. The normalized spacial score (nSPS) is 16.9. The van der Waals surface area contributed by atoms with Gasteiger partial charge in [0.05, 0.1) is 0 Å². The average molecular weight is 431 g/mol. The lowest BCUT2D eigenvalue weighted by Gasteiger charge is -2.27. The summed E-state index contributed by atoms with van der Waals surface area (Å²) < 4.78 is 16.1. The zero-order valence-corrected chi connectivity index (χ0v) is 18.1. The van der Waals surface area contributed by atoms with Crippen molar-refractivity contribution in [2.75, 3.05) is 0 Å². The summed E-state index contributed by atoms with van der Waals surface area (Å²) in [6.07, 6.45) is 2.96. The second-order valence-electron chi connectivity index (χ2n) is 8.68. The van der Waals surface area contributed by atoms with Crippen LogP contribution in [0.25, 0.3) is 21.7 Å². The summed E-state index contributed by atoms with van der Waals surface area (Å²) in [6.45, 7) is 2.65. The molecule has 32 heavy (non-hydrogen) atoms. The molecule has 0 amide bonds. The number of benzene rings is 3. The average Bonchev–Trinajstić information content (AvgIpc) is 3.11. The first-order valence-electron chi connectivity index (χ1n) is 11.3. The predicted molar refractivity (Wildman–Crippen MR) is 125 cm³/mol. The molecule has 164 valence electrons. The lowest BCUT2D eigenvalue weighted by Crippen LogP contribution is -2.35. The lowest BCUT2D eigenvalue weighted by atomic mass is 9.91. The van der Waals surface area contributed by atoms with E-state index < -0.39 is 12.0 Å². The van der Waals surface area contributed by atoms with Gasteiger partial charge in [-0.3, -0.25) is 0 Å². The second-order valence-corrected chi connectivity index (χ2v) is 8.68. The van der Waals surface area contributed by atoms with Crippen LogP contribution in [0.3, 0.4) is 0 Å². The number of aromatic nitrogens is 1. The van der Waals surface area contributed by atoms with Crippen LogP contribution < -0.4 is 5.32 Å². The van der Waals surface area contributed by atoms with Gasteiger partial charge in [-0.1, -0.05) is 49.4 Å². The van der Waals surface area contributed by atoms with Crippen molar-refractivity contribution in [3.05, 3.63) is 83.3 Å². The Bertz CT molecular complexity index is 1300. The first-order chi connectivity index (χ1) is 15.6. The largest absolute Gasteiger partial charge is 0.480 e. The predicted octanol–water partition coefficient (Wildman–Crippen LogP) is 5.62. The SMILES string of the molecule is CCC(C(=O)O)n1c2c(c3cc(F)ccc31)CC(NCc1cccc3ccccc13)CC2. The van der Waals surface area contributed by atoms with E-state index in [2.05, 4.69) is 47.8 Å². The lowest BCUT2D eigenvalue weighted by molar-refractivity contribution is -0.140. The molecule has 2 atom stereocenters. The highest BCUT2D eigenvalue weighted by Gasteiger charge is 2.30. The van der Waals surface area contributed by atoms with Crippen LogP contribution in [0.1, 0.15) is 42.6 Å². The Morgan fingerprint density at radius 1 is 1.16 bits per heavy atom. The summed E-state index contributed by atoms with van der Waals surface area (Å²) in [5, 5.41) is 16.8. The number of nitrogens with one attached hydrogen (secondary N) is 1. The van der Waals surface area contributed by atoms with Crippen LogP contribution in [-0.4, -0.2) is 21.7 Å². The maximum atomic E-state index is 14.1. The number of halogens is 1. The molecule has 4 aromatic rings. The van der Waals surface area contributed by atoms with Crippen LogP contribution in [0.4, 0.5) is 4.39 Å². The van der Waals surface area contributed by atoms with Gasteiger partial charge in [-0.25, -0.2) is 9.18 Å². The molecule has 0 spiro atoms. The Morgan fingerprint density at radius 3 is 2.78 bits per heavy atom. The van der Waals surface area contributed by atoms with Crippen molar-refractivity contribution in [2.45, 2.75) is 51.2 Å². The maximum absolute atomic E-state index is 14.1. The molecule has 5 rings (SSSR count). The molecular formula is C27H27FN2O2. The van der Waals surface area contributed by atoms with Crippen LogP contribution in [-0.2, 0) is 24.2 Å². The first kappa shape index (κ1) is 20.7. The third-order valence-corrected chi connectivity index (χ3v) is 6.81. The van der Waals surface area contributed by atoms with E-state index >= 15 is 0 Å². The van der Waals surface area contributed by atoms with Crippen LogP contribution >= 0.6 is 0 Å². The molecule has 0 saturated heterocycles. The number of carboxylic acids is 1. The fourth-order valence-corrected chi connectivity index (χ4v) is 5.26. The Kier molecular flexibility index (Phi) is 5.43. The molecule has 1 aliphatic rings. The number of carboxylic acid groups (broad SMARTS) is 1. The minimum Gasteiger partial charge on any atom is -0.480 e. The molecule has 1 aromatic heterocycles. The maximum Gasteiger partial charge on any atom is 0.326 e. The quantitative estimate of drug-likeness (QED) is 0.418. The number of hydrogen-bond donors (Lipinski definition) is 2. The van der Waals surface area contributed by atoms with E-state index in [1.807, 2.05) is 11.5 Å². The van der Waals surface area contributed by atoms with Gasteiger partial charge in [-0.05, 0) is 65.8 Å². The molecular weight excluding hydrogens is 403 g/mol. The highest BCUT2D eigenvalue weighted by Crippen LogP contribution is 2.36. The minimum atomic E-state index is -0.840. The van der Waals surface area contributed by atoms with Crippen LogP contribution in [0.5, 0.6) is 0 Å². The van der Waals surface area contributed by atoms with E-state index in [0.29, 0.717) is 6.42 Å². The number of carbonyl (C=O) groups is 1. The van der Waals surface area contributed by atoms with Crippen molar-refractivity contribution >= 4 is 27.6 Å². The smallest absolute Gasteiger partial charge is 0.326 e. The van der Waals surface area contributed by atoms with Crippen molar-refractivity contribution in [3.63, 3.8) is 0 Å². The van der Waals surface area contributed by atoms with Gasteiger partial charge in [-0.2, -0.15) is 0 Å². The zero-order chi connectivity index (χ0) is 22.2. The van der Waals surface area contributed by atoms with Crippen molar-refractivity contribution < 1.29 is 14.3 Å². The number of hydrogen-bond acceptors (Lipinski definition) is 2. The molecule has 1 aliphatic carbocycles. The van der Waals surface area contributed by atoms with Gasteiger partial charge in [0.15, 0.2) is 0 Å². The molecule has 3 aromatic carbocycles. The summed E-state index contributed by atoms with van der Waals surface area (Å²) >= 11 is 0. The molecule has 2 N–H and O–H groups in total.